The first-order valence-electron chi connectivity index (χ1n) is 11.3. The maximum atomic E-state index is 18.5. The van der Waals surface area contributed by atoms with E-state index in [0.717, 1.165) is 40.1 Å². The molecule has 0 amide bonds. The Kier molecular flexibility index (Phi) is 6.72. The third-order valence-electron chi connectivity index (χ3n) is 6.05. The Balaban J connectivity index is 1.87. The fourth-order valence-corrected chi connectivity index (χ4v) is 9.03. The summed E-state index contributed by atoms with van der Waals surface area (Å²) in [4.78, 5) is 0. The van der Waals surface area contributed by atoms with E-state index in [0.29, 0.717) is 12.8 Å². The van der Waals surface area contributed by atoms with Crippen molar-refractivity contribution in [3.63, 3.8) is 0 Å². The average molecular weight is 445 g/mol. The molecule has 4 rings (SSSR count). The van der Waals surface area contributed by atoms with Crippen molar-refractivity contribution in [2.24, 2.45) is 0 Å². The number of hydrogen-bond donors (Lipinski definition) is 0. The third kappa shape index (κ3) is 4.20. The Hall–Kier alpha value is -2.96. The second kappa shape index (κ2) is 9.67. The fourth-order valence-electron chi connectivity index (χ4n) is 4.31. The number of halogens is 1. The molecule has 4 aromatic carbocycles. The van der Waals surface area contributed by atoms with Crippen molar-refractivity contribution in [3.8, 4) is 5.75 Å². The van der Waals surface area contributed by atoms with E-state index in [4.69, 9.17) is 4.74 Å². The molecule has 4 aromatic rings. The Morgan fingerprint density at radius 2 is 1.06 bits per heavy atom. The summed E-state index contributed by atoms with van der Waals surface area (Å²) in [5.74, 6) is 0.834. The minimum atomic E-state index is -4.27. The van der Waals surface area contributed by atoms with E-state index >= 15 is 4.20 Å². The van der Waals surface area contributed by atoms with Crippen LogP contribution in [0.5, 0.6) is 5.75 Å². The van der Waals surface area contributed by atoms with Crippen LogP contribution in [0.1, 0.15) is 25.3 Å². The predicted molar refractivity (Wildman–Crippen MR) is 137 cm³/mol. The van der Waals surface area contributed by atoms with Gasteiger partial charge in [0.25, 0.3) is 0 Å². The molecule has 0 heterocycles. The quantitative estimate of drug-likeness (QED) is 0.204. The number of ether oxygens (including phenoxy) is 1. The van der Waals surface area contributed by atoms with Gasteiger partial charge in [-0.1, -0.05) is 0 Å². The standard InChI is InChI=1S/C29H30FOP/c1-2-3-23-31-26-21-19-25(20-22-26)24-32(30,27-13-7-4-8-14-27,28-15-9-5-10-16-28)29-17-11-6-12-18-29/h4-22H,2-3,23-24H2,1H3. The molecule has 1 nitrogen and oxygen atoms in total. The Morgan fingerprint density at radius 3 is 1.47 bits per heavy atom. The van der Waals surface area contributed by atoms with Crippen LogP contribution in [0.25, 0.3) is 0 Å². The topological polar surface area (TPSA) is 9.23 Å². The van der Waals surface area contributed by atoms with Crippen LogP contribution in [0.4, 0.5) is 4.20 Å². The molecule has 0 aliphatic carbocycles. The van der Waals surface area contributed by atoms with E-state index in [2.05, 4.69) is 6.92 Å². The molecule has 32 heavy (non-hydrogen) atoms. The molecule has 0 spiro atoms. The maximum absolute atomic E-state index is 18.5. The molecular weight excluding hydrogens is 414 g/mol. The zero-order valence-electron chi connectivity index (χ0n) is 18.5. The van der Waals surface area contributed by atoms with Gasteiger partial charge in [-0.25, -0.2) is 0 Å². The van der Waals surface area contributed by atoms with Gasteiger partial charge in [-0.15, -0.1) is 0 Å². The van der Waals surface area contributed by atoms with Crippen molar-refractivity contribution in [1.29, 1.82) is 0 Å². The minimum absolute atomic E-state index is 0.304. The summed E-state index contributed by atoms with van der Waals surface area (Å²) in [7, 11) is 0. The Bertz CT molecular complexity index is 1010. The van der Waals surface area contributed by atoms with Crippen LogP contribution in [0.15, 0.2) is 115 Å². The van der Waals surface area contributed by atoms with E-state index in [1.165, 1.54) is 0 Å². The van der Waals surface area contributed by atoms with Crippen LogP contribution in [0.2, 0.25) is 0 Å². The molecule has 0 N–H and O–H groups in total. The Labute approximate surface area is 190 Å². The molecule has 0 aromatic heterocycles. The van der Waals surface area contributed by atoms with Crippen LogP contribution >= 0.6 is 6.91 Å². The van der Waals surface area contributed by atoms with Gasteiger partial charge < -0.3 is 0 Å². The van der Waals surface area contributed by atoms with Crippen molar-refractivity contribution in [1.82, 2.24) is 0 Å². The van der Waals surface area contributed by atoms with Gasteiger partial charge in [0, 0.05) is 0 Å². The van der Waals surface area contributed by atoms with Gasteiger partial charge in [-0.2, -0.15) is 0 Å². The third-order valence-corrected chi connectivity index (χ3v) is 11.1. The van der Waals surface area contributed by atoms with Crippen molar-refractivity contribution >= 4 is 22.8 Å². The van der Waals surface area contributed by atoms with Gasteiger partial charge in [0.1, 0.15) is 0 Å². The molecule has 0 atom stereocenters. The second-order valence-corrected chi connectivity index (χ2v) is 12.4. The van der Waals surface area contributed by atoms with Crippen molar-refractivity contribution in [2.45, 2.75) is 25.9 Å². The predicted octanol–water partition coefficient (Wildman–Crippen LogP) is 6.78. The monoisotopic (exact) mass is 444 g/mol. The number of unbranched alkanes of at least 4 members (excludes halogenated alkanes) is 1. The Morgan fingerprint density at radius 1 is 0.625 bits per heavy atom. The van der Waals surface area contributed by atoms with Crippen molar-refractivity contribution < 1.29 is 8.93 Å². The summed E-state index contributed by atoms with van der Waals surface area (Å²) in [6.07, 6.45) is 2.43. The fraction of sp³-hybridized carbons (Fsp3) is 0.172. The van der Waals surface area contributed by atoms with E-state index in [1.54, 1.807) is 0 Å². The first-order valence-corrected chi connectivity index (χ1v) is 13.6. The van der Waals surface area contributed by atoms with Gasteiger partial charge in [0.15, 0.2) is 0 Å². The van der Waals surface area contributed by atoms with E-state index in [-0.39, 0.29) is 0 Å². The van der Waals surface area contributed by atoms with E-state index in [1.807, 2.05) is 115 Å². The summed E-state index contributed by atoms with van der Waals surface area (Å²) in [5, 5.41) is 2.25. The summed E-state index contributed by atoms with van der Waals surface area (Å²) < 4.78 is 24.3. The van der Waals surface area contributed by atoms with Crippen LogP contribution in [0, 0.1) is 0 Å². The molecule has 0 radical (unpaired) electrons. The van der Waals surface area contributed by atoms with E-state index < -0.39 is 6.91 Å². The zero-order valence-corrected chi connectivity index (χ0v) is 19.4. The first kappa shape index (κ1) is 22.2. The van der Waals surface area contributed by atoms with Gasteiger partial charge in [-0.3, -0.25) is 0 Å². The molecular formula is C29H30FOP. The molecule has 0 aliphatic heterocycles. The second-order valence-electron chi connectivity index (χ2n) is 8.19. The van der Waals surface area contributed by atoms with Gasteiger partial charge >= 0.3 is 191 Å². The van der Waals surface area contributed by atoms with Crippen LogP contribution < -0.4 is 20.7 Å². The van der Waals surface area contributed by atoms with Gasteiger partial charge in [-0.05, 0) is 0 Å². The van der Waals surface area contributed by atoms with E-state index in [9.17, 15) is 0 Å². The van der Waals surface area contributed by atoms with Gasteiger partial charge in [0.05, 0.1) is 0 Å². The molecule has 0 saturated carbocycles. The SMILES string of the molecule is CCCCOc1ccc(CP(F)(c2ccccc2)(c2ccccc2)c2ccccc2)cc1. The van der Waals surface area contributed by atoms with Crippen LogP contribution in [-0.4, -0.2) is 6.61 Å². The molecule has 164 valence electrons. The average Bonchev–Trinajstić information content (AvgIpc) is 2.87. The van der Waals surface area contributed by atoms with Crippen LogP contribution in [0.3, 0.4) is 0 Å². The molecule has 0 aliphatic rings. The summed E-state index contributed by atoms with van der Waals surface area (Å²) in [6, 6.07) is 37.1. The first-order chi connectivity index (χ1) is 15.6. The van der Waals surface area contributed by atoms with Crippen LogP contribution in [-0.2, 0) is 6.16 Å². The summed E-state index contributed by atoms with van der Waals surface area (Å²) in [5.41, 5.74) is 0.963. The van der Waals surface area contributed by atoms with Gasteiger partial charge in [0.2, 0.25) is 0 Å². The zero-order chi connectivity index (χ0) is 22.3. The summed E-state index contributed by atoms with van der Waals surface area (Å²) >= 11 is 0. The molecule has 0 bridgehead atoms. The molecule has 0 fully saturated rings. The molecule has 0 saturated heterocycles. The van der Waals surface area contributed by atoms with Crippen molar-refractivity contribution in [2.75, 3.05) is 6.61 Å². The summed E-state index contributed by atoms with van der Waals surface area (Å²) in [6.45, 7) is -1.42. The number of hydrogen-bond acceptors (Lipinski definition) is 1. The normalized spacial score (nSPS) is 12.6. The number of benzene rings is 4. The molecule has 0 unspecified atom stereocenters. The van der Waals surface area contributed by atoms with Crippen molar-refractivity contribution in [3.05, 3.63) is 121 Å². The number of rotatable bonds is 9. The molecule has 3 heteroatoms.